The van der Waals surface area contributed by atoms with Crippen molar-refractivity contribution in [3.05, 3.63) is 119 Å². The van der Waals surface area contributed by atoms with Crippen LogP contribution in [0.3, 0.4) is 0 Å². The maximum atomic E-state index is 13.7. The number of amidine groups is 1. The molecule has 8 nitrogen and oxygen atoms in total. The first-order valence-electron chi connectivity index (χ1n) is 13.7. The molecule has 204 valence electrons. The topological polar surface area (TPSA) is 86.3 Å². The van der Waals surface area contributed by atoms with Gasteiger partial charge in [-0.05, 0) is 43.2 Å². The molecule has 4 aromatic rings. The molecule has 3 aromatic carbocycles. The number of nitrogens with zero attached hydrogens (tertiary/aromatic N) is 6. The molecular formula is C32H27ClN6O2. The Bertz CT molecular complexity index is 1720. The molecule has 0 saturated carbocycles. The van der Waals surface area contributed by atoms with Crippen LogP contribution in [-0.4, -0.2) is 56.6 Å². The van der Waals surface area contributed by atoms with Crippen molar-refractivity contribution >= 4 is 34.7 Å². The van der Waals surface area contributed by atoms with Gasteiger partial charge in [-0.15, -0.1) is 0 Å². The summed E-state index contributed by atoms with van der Waals surface area (Å²) in [5.74, 6) is 0.651. The van der Waals surface area contributed by atoms with Crippen LogP contribution in [0.15, 0.2) is 107 Å². The number of fused-ring (bicyclic) bond motifs is 3. The summed E-state index contributed by atoms with van der Waals surface area (Å²) in [4.78, 5) is 31.4. The largest absolute Gasteiger partial charge is 0.492 e. The summed E-state index contributed by atoms with van der Waals surface area (Å²) < 4.78 is 1.97. The monoisotopic (exact) mass is 562 g/mol. The Morgan fingerprint density at radius 1 is 0.951 bits per heavy atom. The third kappa shape index (κ3) is 4.60. The van der Waals surface area contributed by atoms with Crippen LogP contribution in [0, 0.1) is 0 Å². The Balaban J connectivity index is 1.14. The average molecular weight is 563 g/mol. The number of piperidine rings is 1. The molecule has 0 aliphatic carbocycles. The number of hydrogen-bond donors (Lipinski definition) is 1. The minimum absolute atomic E-state index is 0.0742. The number of para-hydroxylation sites is 1. The molecular weight excluding hydrogens is 536 g/mol. The molecule has 9 heteroatoms. The summed E-state index contributed by atoms with van der Waals surface area (Å²) in [6.45, 7) is 1.74. The van der Waals surface area contributed by atoms with E-state index < -0.39 is 0 Å². The zero-order chi connectivity index (χ0) is 27.9. The summed E-state index contributed by atoms with van der Waals surface area (Å²) in [5.41, 5.74) is 5.48. The molecule has 1 amide bonds. The number of imidazole rings is 1. The van der Waals surface area contributed by atoms with Crippen LogP contribution in [0.5, 0.6) is 5.88 Å². The minimum Gasteiger partial charge on any atom is -0.492 e. The lowest BCUT2D eigenvalue weighted by molar-refractivity contribution is -0.114. The summed E-state index contributed by atoms with van der Waals surface area (Å²) in [5, 5.41) is 11.1. The summed E-state index contributed by atoms with van der Waals surface area (Å²) >= 11 is 6.39. The van der Waals surface area contributed by atoms with Gasteiger partial charge in [-0.2, -0.15) is 0 Å². The number of carbonyl (C=O) groups excluding carboxylic acids is 1. The second-order valence-corrected chi connectivity index (χ2v) is 10.8. The van der Waals surface area contributed by atoms with Crippen LogP contribution >= 0.6 is 11.6 Å². The summed E-state index contributed by atoms with van der Waals surface area (Å²) in [7, 11) is 0. The van der Waals surface area contributed by atoms with Gasteiger partial charge in [0, 0.05) is 47.0 Å². The number of rotatable bonds is 4. The van der Waals surface area contributed by atoms with E-state index in [-0.39, 0.29) is 24.2 Å². The minimum atomic E-state index is -0.171. The van der Waals surface area contributed by atoms with E-state index in [0.717, 1.165) is 59.8 Å². The fraction of sp³-hybridized carbons (Fsp3) is 0.188. The number of amides is 1. The number of halogens is 1. The lowest BCUT2D eigenvalue weighted by Gasteiger charge is -2.31. The highest BCUT2D eigenvalue weighted by atomic mass is 35.5. The van der Waals surface area contributed by atoms with Gasteiger partial charge < -0.3 is 10.0 Å². The molecule has 0 spiro atoms. The van der Waals surface area contributed by atoms with E-state index in [1.807, 2.05) is 83.6 Å². The third-order valence-corrected chi connectivity index (χ3v) is 8.08. The molecule has 3 aliphatic rings. The molecule has 1 aromatic heterocycles. The van der Waals surface area contributed by atoms with Crippen LogP contribution in [0.25, 0.3) is 5.69 Å². The predicted octanol–water partition coefficient (Wildman–Crippen LogP) is 5.55. The van der Waals surface area contributed by atoms with Crippen LogP contribution in [-0.2, 0) is 4.79 Å². The van der Waals surface area contributed by atoms with Gasteiger partial charge in [0.1, 0.15) is 17.9 Å². The van der Waals surface area contributed by atoms with Gasteiger partial charge in [0.25, 0.3) is 5.91 Å². The Morgan fingerprint density at radius 3 is 2.44 bits per heavy atom. The van der Waals surface area contributed by atoms with Crippen molar-refractivity contribution in [2.45, 2.75) is 18.8 Å². The Kier molecular flexibility index (Phi) is 6.40. The van der Waals surface area contributed by atoms with Crippen molar-refractivity contribution in [3.8, 4) is 11.6 Å². The Labute approximate surface area is 242 Å². The first-order chi connectivity index (χ1) is 20.1. The zero-order valence-corrected chi connectivity index (χ0v) is 22.9. The normalized spacial score (nSPS) is 18.2. The molecule has 0 radical (unpaired) electrons. The van der Waals surface area contributed by atoms with Crippen LogP contribution in [0.2, 0.25) is 5.02 Å². The van der Waals surface area contributed by atoms with Gasteiger partial charge in [0.05, 0.1) is 23.6 Å². The molecule has 4 heterocycles. The number of aliphatic imine (C=N–C) groups is 2. The van der Waals surface area contributed by atoms with Crippen molar-refractivity contribution in [1.82, 2.24) is 14.5 Å². The SMILES string of the molecule is O=C1C(=CN2CCC(c3c(O)ncn3-c3ccccc3)CC2)N=C2CN=C(c3ccccc3)c3cc(Cl)ccc3N12. The highest BCUT2D eigenvalue weighted by molar-refractivity contribution is 6.34. The third-order valence-electron chi connectivity index (χ3n) is 7.85. The van der Waals surface area contributed by atoms with Gasteiger partial charge in [-0.1, -0.05) is 60.1 Å². The van der Waals surface area contributed by atoms with Gasteiger partial charge in [-0.3, -0.25) is 19.3 Å². The molecule has 0 unspecified atom stereocenters. The van der Waals surface area contributed by atoms with Gasteiger partial charge in [-0.25, -0.2) is 9.98 Å². The standard InChI is InChI=1S/C32H27ClN6O2/c33-23-11-12-27-25(17-23)29(21-7-3-1-4-8-21)34-18-28-36-26(32(41)39(27)28)19-37-15-13-22(14-16-37)30-31(40)35-20-38(30)24-9-5-2-6-10-24/h1-12,17,19-20,22,40H,13-16,18H2. The van der Waals surface area contributed by atoms with E-state index >= 15 is 0 Å². The van der Waals surface area contributed by atoms with E-state index in [2.05, 4.69) is 9.88 Å². The van der Waals surface area contributed by atoms with Gasteiger partial charge in [0.2, 0.25) is 5.88 Å². The fourth-order valence-corrected chi connectivity index (χ4v) is 6.05. The van der Waals surface area contributed by atoms with Crippen molar-refractivity contribution in [1.29, 1.82) is 0 Å². The second kappa shape index (κ2) is 10.4. The average Bonchev–Trinajstić information content (AvgIpc) is 3.48. The van der Waals surface area contributed by atoms with Crippen LogP contribution in [0.4, 0.5) is 5.69 Å². The summed E-state index contributed by atoms with van der Waals surface area (Å²) in [6.07, 6.45) is 5.18. The van der Waals surface area contributed by atoms with E-state index in [9.17, 15) is 9.90 Å². The molecule has 0 bridgehead atoms. The van der Waals surface area contributed by atoms with Crippen molar-refractivity contribution in [2.75, 3.05) is 24.5 Å². The molecule has 3 aliphatic heterocycles. The molecule has 0 atom stereocenters. The maximum absolute atomic E-state index is 13.7. The number of aromatic nitrogens is 2. The predicted molar refractivity (Wildman–Crippen MR) is 160 cm³/mol. The zero-order valence-electron chi connectivity index (χ0n) is 22.2. The fourth-order valence-electron chi connectivity index (χ4n) is 5.87. The lowest BCUT2D eigenvalue weighted by Crippen LogP contribution is -2.34. The van der Waals surface area contributed by atoms with E-state index in [0.29, 0.717) is 16.6 Å². The van der Waals surface area contributed by atoms with Crippen molar-refractivity contribution < 1.29 is 9.90 Å². The van der Waals surface area contributed by atoms with Crippen LogP contribution < -0.4 is 4.90 Å². The highest BCUT2D eigenvalue weighted by Crippen LogP contribution is 2.36. The quantitative estimate of drug-likeness (QED) is 0.331. The number of anilines is 1. The van der Waals surface area contributed by atoms with E-state index in [1.54, 1.807) is 17.3 Å². The molecule has 7 rings (SSSR count). The second-order valence-electron chi connectivity index (χ2n) is 10.3. The maximum Gasteiger partial charge on any atom is 0.284 e. The highest BCUT2D eigenvalue weighted by Gasteiger charge is 2.36. The first kappa shape index (κ1) is 25.3. The molecule has 1 fully saturated rings. The van der Waals surface area contributed by atoms with E-state index in [4.69, 9.17) is 21.6 Å². The smallest absolute Gasteiger partial charge is 0.284 e. The number of likely N-dealkylation sites (tertiary alicyclic amines) is 1. The van der Waals surface area contributed by atoms with Gasteiger partial charge >= 0.3 is 0 Å². The van der Waals surface area contributed by atoms with Crippen molar-refractivity contribution in [3.63, 3.8) is 0 Å². The van der Waals surface area contributed by atoms with Gasteiger partial charge in [0.15, 0.2) is 0 Å². The first-order valence-corrected chi connectivity index (χ1v) is 14.0. The van der Waals surface area contributed by atoms with Crippen LogP contribution in [0.1, 0.15) is 35.6 Å². The molecule has 41 heavy (non-hydrogen) atoms. The molecule has 1 N–H and O–H groups in total. The summed E-state index contributed by atoms with van der Waals surface area (Å²) in [6, 6.07) is 25.4. The Morgan fingerprint density at radius 2 is 1.68 bits per heavy atom. The molecule has 1 saturated heterocycles. The number of hydrogen-bond acceptors (Lipinski definition) is 6. The number of aromatic hydroxyl groups is 1. The lowest BCUT2D eigenvalue weighted by atomic mass is 9.93. The number of carbonyl (C=O) groups is 1. The Hall–Kier alpha value is -4.69. The number of benzene rings is 3. The van der Waals surface area contributed by atoms with E-state index in [1.165, 1.54) is 0 Å². The van der Waals surface area contributed by atoms with Crippen molar-refractivity contribution in [2.24, 2.45) is 9.98 Å².